The number of rotatable bonds is 6. The van der Waals surface area contributed by atoms with Crippen LogP contribution in [-0.4, -0.2) is 12.1 Å². The Labute approximate surface area is 342 Å². The molecule has 0 amide bonds. The molecule has 7 unspecified atom stereocenters. The minimum atomic E-state index is -0.0436. The van der Waals surface area contributed by atoms with Crippen LogP contribution in [0.4, 0.5) is 11.4 Å². The maximum atomic E-state index is 2.86. The average Bonchev–Trinajstić information content (AvgIpc) is 3.79. The van der Waals surface area contributed by atoms with Gasteiger partial charge in [0.1, 0.15) is 0 Å². The summed E-state index contributed by atoms with van der Waals surface area (Å²) in [7, 11) is 0. The van der Waals surface area contributed by atoms with Crippen molar-refractivity contribution in [2.75, 3.05) is 9.80 Å². The van der Waals surface area contributed by atoms with Gasteiger partial charge in [-0.25, -0.2) is 0 Å². The van der Waals surface area contributed by atoms with Crippen LogP contribution in [0.1, 0.15) is 138 Å². The summed E-state index contributed by atoms with van der Waals surface area (Å²) in [5.41, 5.74) is 15.3. The van der Waals surface area contributed by atoms with Crippen LogP contribution in [0.15, 0.2) is 150 Å². The van der Waals surface area contributed by atoms with Crippen molar-refractivity contribution >= 4 is 11.4 Å². The van der Waals surface area contributed by atoms with E-state index in [2.05, 4.69) is 138 Å². The van der Waals surface area contributed by atoms with Crippen molar-refractivity contribution in [2.45, 2.75) is 139 Å². The van der Waals surface area contributed by atoms with E-state index >= 15 is 0 Å². The summed E-state index contributed by atoms with van der Waals surface area (Å²) in [6.07, 6.45) is 53.0. The van der Waals surface area contributed by atoms with Gasteiger partial charge >= 0.3 is 0 Å². The molecule has 0 saturated carbocycles. The Morgan fingerprint density at radius 2 is 1.54 bits per heavy atom. The molecule has 0 fully saturated rings. The monoisotopic (exact) mass is 750 g/mol. The highest BCUT2D eigenvalue weighted by Crippen LogP contribution is 2.55. The van der Waals surface area contributed by atoms with Gasteiger partial charge in [-0.2, -0.15) is 0 Å². The third kappa shape index (κ3) is 6.36. The predicted molar refractivity (Wildman–Crippen MR) is 240 cm³/mol. The molecule has 57 heavy (non-hydrogen) atoms. The van der Waals surface area contributed by atoms with Crippen molar-refractivity contribution in [1.82, 2.24) is 0 Å². The fourth-order valence-corrected chi connectivity index (χ4v) is 12.8. The van der Waals surface area contributed by atoms with Crippen LogP contribution in [-0.2, 0) is 5.41 Å². The Bertz CT molecular complexity index is 2200. The molecule has 2 aromatic carbocycles. The van der Waals surface area contributed by atoms with Crippen LogP contribution >= 0.6 is 0 Å². The number of fused-ring (bicyclic) bond motifs is 6. The molecule has 0 spiro atoms. The molecule has 2 heterocycles. The van der Waals surface area contributed by atoms with Gasteiger partial charge in [-0.3, -0.25) is 0 Å². The third-order valence-electron chi connectivity index (χ3n) is 15.7. The van der Waals surface area contributed by atoms with E-state index in [0.717, 1.165) is 12.8 Å². The van der Waals surface area contributed by atoms with E-state index in [4.69, 9.17) is 0 Å². The van der Waals surface area contributed by atoms with E-state index in [9.17, 15) is 0 Å². The SMILES string of the molecule is CC1(c2ccc3c(c2)C2C=CCCC2N3C2=CC(C3=CCCC=C3)CCC2)C=CC2c3ccccc3N(C3=CC(C4=CCCCC4)=CC([C@H]4C=CCCC4)C3)C2C1. The Balaban J connectivity index is 0.943. The Morgan fingerprint density at radius 3 is 2.42 bits per heavy atom. The molecule has 0 bridgehead atoms. The number of hydrogen-bond acceptors (Lipinski definition) is 2. The van der Waals surface area contributed by atoms with E-state index in [-0.39, 0.29) is 5.41 Å². The summed E-state index contributed by atoms with van der Waals surface area (Å²) in [5, 5.41) is 0. The molecule has 11 rings (SSSR count). The first-order valence-electron chi connectivity index (χ1n) is 23.1. The van der Waals surface area contributed by atoms with Crippen LogP contribution in [0.3, 0.4) is 0 Å². The molecule has 2 nitrogen and oxygen atoms in total. The molecule has 2 aromatic rings. The molecule has 0 N–H and O–H groups in total. The molecule has 2 aliphatic heterocycles. The van der Waals surface area contributed by atoms with Gasteiger partial charge in [0.05, 0.1) is 0 Å². The van der Waals surface area contributed by atoms with Gasteiger partial charge < -0.3 is 9.80 Å². The van der Waals surface area contributed by atoms with Gasteiger partial charge in [0.2, 0.25) is 0 Å². The topological polar surface area (TPSA) is 6.48 Å². The molecular weight excluding hydrogens is 689 g/mol. The highest BCUT2D eigenvalue weighted by Gasteiger charge is 2.47. The van der Waals surface area contributed by atoms with E-state index < -0.39 is 0 Å². The summed E-state index contributed by atoms with van der Waals surface area (Å²) < 4.78 is 0. The minimum absolute atomic E-state index is 0.0436. The second-order valence-corrected chi connectivity index (χ2v) is 19.2. The number of para-hydroxylation sites is 1. The van der Waals surface area contributed by atoms with Crippen LogP contribution in [0.2, 0.25) is 0 Å². The zero-order chi connectivity index (χ0) is 37.9. The van der Waals surface area contributed by atoms with Crippen LogP contribution < -0.4 is 9.80 Å². The molecule has 7 aliphatic carbocycles. The number of nitrogens with zero attached hydrogens (tertiary/aromatic N) is 2. The van der Waals surface area contributed by atoms with Gasteiger partial charge in [-0.1, -0.05) is 110 Å². The van der Waals surface area contributed by atoms with Crippen molar-refractivity contribution in [3.8, 4) is 0 Å². The quantitative estimate of drug-likeness (QED) is 0.271. The molecule has 8 atom stereocenters. The zero-order valence-corrected chi connectivity index (χ0v) is 34.3. The lowest BCUT2D eigenvalue weighted by Crippen LogP contribution is -2.42. The summed E-state index contributed by atoms with van der Waals surface area (Å²) in [4.78, 5) is 5.67. The van der Waals surface area contributed by atoms with Crippen molar-refractivity contribution in [2.24, 2.45) is 17.8 Å². The highest BCUT2D eigenvalue weighted by molar-refractivity contribution is 5.71. The molecule has 292 valence electrons. The second kappa shape index (κ2) is 14.8. The maximum Gasteiger partial charge on any atom is 0.0454 e. The maximum absolute atomic E-state index is 2.86. The summed E-state index contributed by atoms with van der Waals surface area (Å²) in [6.45, 7) is 2.55. The lowest BCUT2D eigenvalue weighted by atomic mass is 9.69. The van der Waals surface area contributed by atoms with E-state index in [1.165, 1.54) is 118 Å². The normalized spacial score (nSPS) is 34.1. The molecule has 9 aliphatic rings. The second-order valence-electron chi connectivity index (χ2n) is 19.2. The van der Waals surface area contributed by atoms with Crippen LogP contribution in [0.25, 0.3) is 0 Å². The number of hydrogen-bond donors (Lipinski definition) is 0. The zero-order valence-electron chi connectivity index (χ0n) is 34.3. The average molecular weight is 751 g/mol. The van der Waals surface area contributed by atoms with Crippen molar-refractivity contribution in [3.05, 3.63) is 166 Å². The standard InChI is InChI=1S/C55H62N2/c1-55(44-28-29-53-50(36-44)48-25-12-14-27-52(48)56(53)45-23-15-22-41(33-45)38-16-5-2-6-17-38)31-30-49-47-24-11-13-26-51(47)57(54(49)37-55)46-34-42(39-18-7-3-8-19-39)32-43(35-46)40-20-9-4-10-21-40/h5,7,11-13,16-18,20,24-26,28-33,35-36,39,41-42,48-49,52,54H,2-4,6,8-10,14-15,19,21-23,27,34,37H2,1H3/t39-,41?,42?,48?,49?,52?,54?,55?/m0/s1. The molecular formula is C55H62N2. The van der Waals surface area contributed by atoms with Crippen molar-refractivity contribution in [3.63, 3.8) is 0 Å². The highest BCUT2D eigenvalue weighted by atomic mass is 15.2. The van der Waals surface area contributed by atoms with Gasteiger partial charge in [0.25, 0.3) is 0 Å². The van der Waals surface area contributed by atoms with Crippen LogP contribution in [0, 0.1) is 17.8 Å². The number of anilines is 2. The predicted octanol–water partition coefficient (Wildman–Crippen LogP) is 14.1. The Hall–Kier alpha value is -4.30. The van der Waals surface area contributed by atoms with E-state index in [1.807, 2.05) is 0 Å². The molecule has 0 aromatic heterocycles. The third-order valence-corrected chi connectivity index (χ3v) is 15.7. The number of benzene rings is 2. The first-order valence-corrected chi connectivity index (χ1v) is 23.1. The van der Waals surface area contributed by atoms with Gasteiger partial charge in [0.15, 0.2) is 0 Å². The fourth-order valence-electron chi connectivity index (χ4n) is 12.8. The fraction of sp³-hybridized carbons (Fsp3) is 0.455. The van der Waals surface area contributed by atoms with Crippen LogP contribution in [0.5, 0.6) is 0 Å². The van der Waals surface area contributed by atoms with E-state index in [0.29, 0.717) is 41.7 Å². The van der Waals surface area contributed by atoms with Gasteiger partial charge in [-0.15, -0.1) is 0 Å². The van der Waals surface area contributed by atoms with Crippen molar-refractivity contribution in [1.29, 1.82) is 0 Å². The molecule has 0 saturated heterocycles. The smallest absolute Gasteiger partial charge is 0.0454 e. The summed E-state index contributed by atoms with van der Waals surface area (Å²) in [6, 6.07) is 18.1. The lowest BCUT2D eigenvalue weighted by Gasteiger charge is -2.43. The Kier molecular flexibility index (Phi) is 9.32. The first kappa shape index (κ1) is 35.8. The first-order chi connectivity index (χ1) is 28.1. The van der Waals surface area contributed by atoms with E-state index in [1.54, 1.807) is 28.1 Å². The molecule has 0 radical (unpaired) electrons. The Morgan fingerprint density at radius 1 is 0.649 bits per heavy atom. The minimum Gasteiger partial charge on any atom is -0.341 e. The van der Waals surface area contributed by atoms with Gasteiger partial charge in [-0.05, 0) is 166 Å². The summed E-state index contributed by atoms with van der Waals surface area (Å²) in [5.74, 6) is 2.66. The molecule has 2 heteroatoms. The summed E-state index contributed by atoms with van der Waals surface area (Å²) >= 11 is 0. The van der Waals surface area contributed by atoms with Gasteiger partial charge in [0, 0.05) is 58.0 Å². The lowest BCUT2D eigenvalue weighted by molar-refractivity contribution is 0.391. The number of allylic oxidation sites excluding steroid dienone is 16. The largest absolute Gasteiger partial charge is 0.341 e. The van der Waals surface area contributed by atoms with Crippen molar-refractivity contribution < 1.29 is 0 Å².